The van der Waals surface area contributed by atoms with Gasteiger partial charge in [0.2, 0.25) is 0 Å². The molecule has 0 bridgehead atoms. The normalized spacial score (nSPS) is 14.1. The maximum absolute atomic E-state index is 9.85. The number of aromatic hydroxyl groups is 2. The smallest absolute Gasteiger partial charge is 0.119 e. The Labute approximate surface area is 218 Å². The highest BCUT2D eigenvalue weighted by Crippen LogP contribution is 2.36. The van der Waals surface area contributed by atoms with Crippen molar-refractivity contribution in [2.24, 2.45) is 0 Å². The summed E-state index contributed by atoms with van der Waals surface area (Å²) in [6.45, 7) is 6.17. The molecule has 2 heterocycles. The number of rotatable bonds is 9. The highest BCUT2D eigenvalue weighted by atomic mass is 16.5. The van der Waals surface area contributed by atoms with E-state index in [0.717, 1.165) is 58.9 Å². The summed E-state index contributed by atoms with van der Waals surface area (Å²) in [5.41, 5.74) is 5.95. The maximum Gasteiger partial charge on any atom is 0.119 e. The molecule has 1 fully saturated rings. The SMILES string of the molecule is CCCc1c(-c2ccc(O)cc2)nn(-c2ccc(O)cc2)c1-c1ccc(OCCN2CCCCC2)cc1. The van der Waals surface area contributed by atoms with Crippen molar-refractivity contribution in [1.82, 2.24) is 14.7 Å². The molecule has 6 nitrogen and oxygen atoms in total. The van der Waals surface area contributed by atoms with Gasteiger partial charge in [0.15, 0.2) is 0 Å². The summed E-state index contributed by atoms with van der Waals surface area (Å²) in [6, 6.07) is 22.6. The standard InChI is InChI=1S/C31H35N3O3/c1-2-6-29-30(23-7-13-26(35)14-8-23)32-34(25-11-15-27(36)16-12-25)31(29)24-9-17-28(18-10-24)37-22-21-33-19-4-3-5-20-33/h7-18,35-36H,2-6,19-22H2,1H3. The first-order chi connectivity index (χ1) is 18.1. The van der Waals surface area contributed by atoms with Crippen LogP contribution in [0, 0.1) is 0 Å². The summed E-state index contributed by atoms with van der Waals surface area (Å²) in [5.74, 6) is 1.32. The zero-order chi connectivity index (χ0) is 25.6. The lowest BCUT2D eigenvalue weighted by Crippen LogP contribution is -2.33. The fourth-order valence-corrected chi connectivity index (χ4v) is 5.05. The second-order valence-electron chi connectivity index (χ2n) is 9.68. The Morgan fingerprint density at radius 2 is 1.41 bits per heavy atom. The molecule has 1 saturated heterocycles. The molecule has 1 aliphatic heterocycles. The van der Waals surface area contributed by atoms with Gasteiger partial charge in [-0.25, -0.2) is 4.68 Å². The molecule has 0 amide bonds. The number of phenolic OH excluding ortho intramolecular Hbond substituents is 2. The van der Waals surface area contributed by atoms with E-state index in [1.54, 1.807) is 24.3 Å². The predicted octanol–water partition coefficient (Wildman–Crippen LogP) is 6.43. The molecule has 0 aliphatic carbocycles. The minimum atomic E-state index is 0.219. The Hall–Kier alpha value is -3.77. The van der Waals surface area contributed by atoms with Gasteiger partial charge in [-0.3, -0.25) is 4.90 Å². The largest absolute Gasteiger partial charge is 0.508 e. The Balaban J connectivity index is 1.48. The van der Waals surface area contributed by atoms with E-state index < -0.39 is 0 Å². The molecule has 4 aromatic rings. The molecule has 6 heteroatoms. The number of aromatic nitrogens is 2. The molecule has 192 valence electrons. The van der Waals surface area contributed by atoms with Gasteiger partial charge in [-0.05, 0) is 105 Å². The van der Waals surface area contributed by atoms with Crippen molar-refractivity contribution >= 4 is 0 Å². The molecule has 0 atom stereocenters. The average molecular weight is 498 g/mol. The monoisotopic (exact) mass is 497 g/mol. The summed E-state index contributed by atoms with van der Waals surface area (Å²) in [5, 5.41) is 24.7. The van der Waals surface area contributed by atoms with Crippen LogP contribution in [0.4, 0.5) is 0 Å². The van der Waals surface area contributed by atoms with Crippen LogP contribution in [0.25, 0.3) is 28.2 Å². The highest BCUT2D eigenvalue weighted by molar-refractivity contribution is 5.76. The molecule has 0 saturated carbocycles. The molecule has 1 aromatic heterocycles. The molecule has 5 rings (SSSR count). The van der Waals surface area contributed by atoms with Gasteiger partial charge in [-0.2, -0.15) is 5.10 Å². The van der Waals surface area contributed by atoms with Crippen LogP contribution in [-0.2, 0) is 6.42 Å². The van der Waals surface area contributed by atoms with Crippen molar-refractivity contribution in [3.05, 3.63) is 78.4 Å². The van der Waals surface area contributed by atoms with Gasteiger partial charge in [0.1, 0.15) is 23.9 Å². The maximum atomic E-state index is 9.85. The lowest BCUT2D eigenvalue weighted by Gasteiger charge is -2.26. The fraction of sp³-hybridized carbons (Fsp3) is 0.323. The van der Waals surface area contributed by atoms with Crippen LogP contribution in [0.5, 0.6) is 17.2 Å². The lowest BCUT2D eigenvalue weighted by atomic mass is 9.98. The summed E-state index contributed by atoms with van der Waals surface area (Å²) in [4.78, 5) is 2.48. The zero-order valence-corrected chi connectivity index (χ0v) is 21.4. The third kappa shape index (κ3) is 5.81. The summed E-state index contributed by atoms with van der Waals surface area (Å²) < 4.78 is 8.03. The van der Waals surface area contributed by atoms with Crippen LogP contribution in [0.3, 0.4) is 0 Å². The van der Waals surface area contributed by atoms with Crippen molar-refractivity contribution in [3.8, 4) is 45.5 Å². The molecule has 3 aromatic carbocycles. The van der Waals surface area contributed by atoms with Gasteiger partial charge in [-0.15, -0.1) is 0 Å². The third-order valence-electron chi connectivity index (χ3n) is 6.97. The third-order valence-corrected chi connectivity index (χ3v) is 6.97. The topological polar surface area (TPSA) is 70.8 Å². The average Bonchev–Trinajstić information content (AvgIpc) is 3.30. The van der Waals surface area contributed by atoms with E-state index in [1.807, 2.05) is 41.1 Å². The lowest BCUT2D eigenvalue weighted by molar-refractivity contribution is 0.183. The molecular weight excluding hydrogens is 462 g/mol. The fourth-order valence-electron chi connectivity index (χ4n) is 5.05. The van der Waals surface area contributed by atoms with E-state index in [1.165, 1.54) is 32.4 Å². The Morgan fingerprint density at radius 3 is 2.05 bits per heavy atom. The molecule has 0 spiro atoms. The molecule has 1 aliphatic rings. The summed E-state index contributed by atoms with van der Waals surface area (Å²) in [7, 11) is 0. The molecule has 37 heavy (non-hydrogen) atoms. The number of phenols is 2. The van der Waals surface area contributed by atoms with Gasteiger partial charge >= 0.3 is 0 Å². The van der Waals surface area contributed by atoms with Crippen LogP contribution in [0.1, 0.15) is 38.2 Å². The minimum Gasteiger partial charge on any atom is -0.508 e. The van der Waals surface area contributed by atoms with Gasteiger partial charge in [-0.1, -0.05) is 19.8 Å². The zero-order valence-electron chi connectivity index (χ0n) is 21.4. The first-order valence-electron chi connectivity index (χ1n) is 13.3. The van der Waals surface area contributed by atoms with E-state index in [0.29, 0.717) is 6.61 Å². The first-order valence-corrected chi connectivity index (χ1v) is 13.3. The van der Waals surface area contributed by atoms with E-state index in [4.69, 9.17) is 9.84 Å². The molecule has 0 radical (unpaired) electrons. The van der Waals surface area contributed by atoms with Gasteiger partial charge in [0.25, 0.3) is 0 Å². The van der Waals surface area contributed by atoms with E-state index in [2.05, 4.69) is 24.0 Å². The summed E-state index contributed by atoms with van der Waals surface area (Å²) in [6.07, 6.45) is 5.74. The van der Waals surface area contributed by atoms with Crippen LogP contribution in [0.15, 0.2) is 72.8 Å². The molecule has 0 unspecified atom stereocenters. The summed E-state index contributed by atoms with van der Waals surface area (Å²) >= 11 is 0. The Morgan fingerprint density at radius 1 is 0.784 bits per heavy atom. The molecular formula is C31H35N3O3. The number of likely N-dealkylation sites (tertiary alicyclic amines) is 1. The predicted molar refractivity (Wildman–Crippen MR) is 148 cm³/mol. The molecule has 2 N–H and O–H groups in total. The van der Waals surface area contributed by atoms with Crippen molar-refractivity contribution in [2.45, 2.75) is 39.0 Å². The van der Waals surface area contributed by atoms with Crippen molar-refractivity contribution < 1.29 is 14.9 Å². The number of hydrogen-bond acceptors (Lipinski definition) is 5. The van der Waals surface area contributed by atoms with Crippen molar-refractivity contribution in [3.63, 3.8) is 0 Å². The number of nitrogens with zero attached hydrogens (tertiary/aromatic N) is 3. The number of benzene rings is 3. The van der Waals surface area contributed by atoms with Gasteiger partial charge < -0.3 is 14.9 Å². The first kappa shape index (κ1) is 24.9. The highest BCUT2D eigenvalue weighted by Gasteiger charge is 2.21. The van der Waals surface area contributed by atoms with Gasteiger partial charge in [0, 0.05) is 23.2 Å². The number of ether oxygens (including phenoxy) is 1. The van der Waals surface area contributed by atoms with E-state index in [-0.39, 0.29) is 11.5 Å². The number of hydrogen-bond donors (Lipinski definition) is 2. The van der Waals surface area contributed by atoms with Crippen LogP contribution < -0.4 is 4.74 Å². The Kier molecular flexibility index (Phi) is 7.76. The second kappa shape index (κ2) is 11.5. The quantitative estimate of drug-likeness (QED) is 0.279. The van der Waals surface area contributed by atoms with Crippen molar-refractivity contribution in [2.75, 3.05) is 26.2 Å². The van der Waals surface area contributed by atoms with Crippen LogP contribution in [0.2, 0.25) is 0 Å². The van der Waals surface area contributed by atoms with Crippen LogP contribution in [-0.4, -0.2) is 51.1 Å². The second-order valence-corrected chi connectivity index (χ2v) is 9.68. The Bertz CT molecular complexity index is 1290. The van der Waals surface area contributed by atoms with E-state index in [9.17, 15) is 10.2 Å². The van der Waals surface area contributed by atoms with Crippen LogP contribution >= 0.6 is 0 Å². The van der Waals surface area contributed by atoms with Crippen molar-refractivity contribution in [1.29, 1.82) is 0 Å². The number of piperidine rings is 1. The minimum absolute atomic E-state index is 0.219. The van der Waals surface area contributed by atoms with E-state index >= 15 is 0 Å². The van der Waals surface area contributed by atoms with Gasteiger partial charge in [0.05, 0.1) is 17.1 Å².